The van der Waals surface area contributed by atoms with Crippen molar-refractivity contribution >= 4 is 15.8 Å². The van der Waals surface area contributed by atoms with Gasteiger partial charge in [0.1, 0.15) is 11.9 Å². The van der Waals surface area contributed by atoms with E-state index < -0.39 is 10.0 Å². The van der Waals surface area contributed by atoms with Crippen LogP contribution in [0.25, 0.3) is 0 Å². The molecule has 1 fully saturated rings. The third-order valence-electron chi connectivity index (χ3n) is 4.22. The van der Waals surface area contributed by atoms with Crippen molar-refractivity contribution in [2.45, 2.75) is 30.8 Å². The summed E-state index contributed by atoms with van der Waals surface area (Å²) >= 11 is 0. The van der Waals surface area contributed by atoms with Crippen LogP contribution in [0, 0.1) is 0 Å². The Balaban J connectivity index is 1.67. The maximum absolute atomic E-state index is 12.8. The van der Waals surface area contributed by atoms with Crippen molar-refractivity contribution in [3.05, 3.63) is 54.4 Å². The second-order valence-corrected chi connectivity index (χ2v) is 7.93. The predicted molar refractivity (Wildman–Crippen MR) is 93.1 cm³/mol. The number of ketones is 1. The smallest absolute Gasteiger partial charge is 0.243 e. The summed E-state index contributed by atoms with van der Waals surface area (Å²) in [6, 6.07) is 9.83. The van der Waals surface area contributed by atoms with Gasteiger partial charge < -0.3 is 4.74 Å². The number of sulfonamides is 1. The van der Waals surface area contributed by atoms with Crippen LogP contribution in [0.3, 0.4) is 0 Å². The highest BCUT2D eigenvalue weighted by molar-refractivity contribution is 7.89. The van der Waals surface area contributed by atoms with Crippen LogP contribution in [-0.4, -0.2) is 42.7 Å². The monoisotopic (exact) mass is 360 g/mol. The normalized spacial score (nSPS) is 16.5. The van der Waals surface area contributed by atoms with Crippen molar-refractivity contribution in [2.75, 3.05) is 13.1 Å². The van der Waals surface area contributed by atoms with Crippen LogP contribution in [0.15, 0.2) is 53.7 Å². The standard InChI is InChI=1S/C18H20N2O4S/c1-14(21)15-4-2-6-18(12-15)25(22,23)20-10-7-16(8-11-20)24-17-5-3-9-19-13-17/h2-6,9,12-13,16H,7-8,10-11H2,1H3. The van der Waals surface area contributed by atoms with E-state index in [2.05, 4.69) is 4.98 Å². The van der Waals surface area contributed by atoms with Crippen LogP contribution in [0.2, 0.25) is 0 Å². The minimum atomic E-state index is -3.60. The number of rotatable bonds is 5. The molecule has 2 heterocycles. The first-order valence-corrected chi connectivity index (χ1v) is 9.58. The van der Waals surface area contributed by atoms with Gasteiger partial charge in [-0.25, -0.2) is 8.42 Å². The number of ether oxygens (including phenoxy) is 1. The number of pyridine rings is 1. The van der Waals surface area contributed by atoms with E-state index in [4.69, 9.17) is 4.74 Å². The molecular weight excluding hydrogens is 340 g/mol. The number of carbonyl (C=O) groups excluding carboxylic acids is 1. The van der Waals surface area contributed by atoms with Gasteiger partial charge in [-0.15, -0.1) is 0 Å². The van der Waals surface area contributed by atoms with Gasteiger partial charge in [-0.2, -0.15) is 4.31 Å². The van der Waals surface area contributed by atoms with Gasteiger partial charge in [0.15, 0.2) is 5.78 Å². The topological polar surface area (TPSA) is 76.6 Å². The molecule has 1 saturated heterocycles. The zero-order valence-electron chi connectivity index (χ0n) is 14.0. The molecule has 0 spiro atoms. The van der Waals surface area contributed by atoms with Crippen LogP contribution in [-0.2, 0) is 10.0 Å². The lowest BCUT2D eigenvalue weighted by atomic mass is 10.1. The minimum absolute atomic E-state index is 0.0285. The van der Waals surface area contributed by atoms with E-state index in [9.17, 15) is 13.2 Å². The Labute approximate surface area is 147 Å². The van der Waals surface area contributed by atoms with Gasteiger partial charge >= 0.3 is 0 Å². The summed E-state index contributed by atoms with van der Waals surface area (Å²) in [6.07, 6.45) is 4.52. The number of aromatic nitrogens is 1. The molecule has 0 amide bonds. The van der Waals surface area contributed by atoms with Crippen LogP contribution >= 0.6 is 0 Å². The highest BCUT2D eigenvalue weighted by atomic mass is 32.2. The van der Waals surface area contributed by atoms with E-state index in [1.165, 1.54) is 23.4 Å². The average Bonchev–Trinajstić information content (AvgIpc) is 2.63. The molecule has 2 aromatic rings. The first-order chi connectivity index (χ1) is 12.0. The summed E-state index contributed by atoms with van der Waals surface area (Å²) in [7, 11) is -3.60. The number of piperidine rings is 1. The maximum atomic E-state index is 12.8. The fourth-order valence-corrected chi connectivity index (χ4v) is 4.34. The second-order valence-electron chi connectivity index (χ2n) is 5.99. The zero-order valence-corrected chi connectivity index (χ0v) is 14.8. The Bertz CT molecular complexity index is 844. The largest absolute Gasteiger partial charge is 0.489 e. The molecule has 1 aromatic carbocycles. The van der Waals surface area contributed by atoms with Crippen molar-refractivity contribution in [1.29, 1.82) is 0 Å². The average molecular weight is 360 g/mol. The Morgan fingerprint density at radius 1 is 1.20 bits per heavy atom. The summed E-state index contributed by atoms with van der Waals surface area (Å²) in [6.45, 7) is 2.20. The molecular formula is C18H20N2O4S. The predicted octanol–water partition coefficient (Wildman–Crippen LogP) is 2.52. The lowest BCUT2D eigenvalue weighted by molar-refractivity contribution is 0.101. The molecule has 132 valence electrons. The van der Waals surface area contributed by atoms with Crippen molar-refractivity contribution < 1.29 is 17.9 Å². The molecule has 0 N–H and O–H groups in total. The van der Waals surface area contributed by atoms with Crippen molar-refractivity contribution in [1.82, 2.24) is 9.29 Å². The highest BCUT2D eigenvalue weighted by Crippen LogP contribution is 2.24. The number of Topliss-reactive ketones (excluding diaryl/α,β-unsaturated/α-hetero) is 1. The second kappa shape index (κ2) is 7.33. The molecule has 1 aromatic heterocycles. The summed E-state index contributed by atoms with van der Waals surface area (Å²) in [5.74, 6) is 0.540. The lowest BCUT2D eigenvalue weighted by Crippen LogP contribution is -2.41. The number of benzene rings is 1. The van der Waals surface area contributed by atoms with E-state index >= 15 is 0 Å². The van der Waals surface area contributed by atoms with Crippen molar-refractivity contribution in [3.8, 4) is 5.75 Å². The summed E-state index contributed by atoms with van der Waals surface area (Å²) in [5.41, 5.74) is 0.399. The molecule has 6 nitrogen and oxygen atoms in total. The van der Waals surface area contributed by atoms with Crippen molar-refractivity contribution in [2.24, 2.45) is 0 Å². The zero-order chi connectivity index (χ0) is 17.9. The molecule has 1 aliphatic heterocycles. The van der Waals surface area contributed by atoms with E-state index in [-0.39, 0.29) is 16.8 Å². The number of hydrogen-bond acceptors (Lipinski definition) is 5. The number of carbonyl (C=O) groups is 1. The van der Waals surface area contributed by atoms with Crippen LogP contribution in [0.4, 0.5) is 0 Å². The summed E-state index contributed by atoms with van der Waals surface area (Å²) in [5, 5.41) is 0. The lowest BCUT2D eigenvalue weighted by Gasteiger charge is -2.31. The fraction of sp³-hybridized carbons (Fsp3) is 0.333. The number of nitrogens with zero attached hydrogens (tertiary/aromatic N) is 2. The number of hydrogen-bond donors (Lipinski definition) is 0. The Hall–Kier alpha value is -2.25. The van der Waals surface area contributed by atoms with Gasteiger partial charge in [0, 0.05) is 24.8 Å². The Morgan fingerprint density at radius 3 is 2.60 bits per heavy atom. The van der Waals surface area contributed by atoms with Crippen LogP contribution in [0.1, 0.15) is 30.1 Å². The third-order valence-corrected chi connectivity index (χ3v) is 6.11. The quantitative estimate of drug-likeness (QED) is 0.766. The molecule has 25 heavy (non-hydrogen) atoms. The maximum Gasteiger partial charge on any atom is 0.243 e. The molecule has 0 unspecified atom stereocenters. The highest BCUT2D eigenvalue weighted by Gasteiger charge is 2.30. The van der Waals surface area contributed by atoms with E-state index in [1.807, 2.05) is 6.07 Å². The Kier molecular flexibility index (Phi) is 5.15. The third kappa shape index (κ3) is 4.05. The molecule has 0 atom stereocenters. The van der Waals surface area contributed by atoms with Gasteiger partial charge in [-0.05, 0) is 44.0 Å². The van der Waals surface area contributed by atoms with E-state index in [0.29, 0.717) is 37.2 Å². The van der Waals surface area contributed by atoms with E-state index in [1.54, 1.807) is 30.6 Å². The molecule has 1 aliphatic rings. The first kappa shape index (κ1) is 17.6. The van der Waals surface area contributed by atoms with Gasteiger partial charge in [0.05, 0.1) is 11.1 Å². The van der Waals surface area contributed by atoms with Crippen molar-refractivity contribution in [3.63, 3.8) is 0 Å². The summed E-state index contributed by atoms with van der Waals surface area (Å²) < 4.78 is 32.9. The van der Waals surface area contributed by atoms with Gasteiger partial charge in [0.2, 0.25) is 10.0 Å². The molecule has 3 rings (SSSR count). The van der Waals surface area contributed by atoms with Gasteiger partial charge in [0.25, 0.3) is 0 Å². The Morgan fingerprint density at radius 2 is 1.96 bits per heavy atom. The van der Waals surface area contributed by atoms with Gasteiger partial charge in [-0.1, -0.05) is 12.1 Å². The molecule has 7 heteroatoms. The fourth-order valence-electron chi connectivity index (χ4n) is 2.82. The molecule has 0 aliphatic carbocycles. The molecule has 0 bridgehead atoms. The first-order valence-electron chi connectivity index (χ1n) is 8.14. The summed E-state index contributed by atoms with van der Waals surface area (Å²) in [4.78, 5) is 15.7. The minimum Gasteiger partial charge on any atom is -0.489 e. The van der Waals surface area contributed by atoms with Crippen LogP contribution < -0.4 is 4.74 Å². The SMILES string of the molecule is CC(=O)c1cccc(S(=O)(=O)N2CCC(Oc3cccnc3)CC2)c1. The molecule has 0 saturated carbocycles. The van der Waals surface area contributed by atoms with Crippen LogP contribution in [0.5, 0.6) is 5.75 Å². The van der Waals surface area contributed by atoms with E-state index in [0.717, 1.165) is 0 Å². The van der Waals surface area contributed by atoms with Gasteiger partial charge in [-0.3, -0.25) is 9.78 Å². The molecule has 0 radical (unpaired) electrons.